The zero-order valence-corrected chi connectivity index (χ0v) is 12.6. The first-order chi connectivity index (χ1) is 9.91. The molecule has 0 saturated carbocycles. The predicted molar refractivity (Wildman–Crippen MR) is 78.1 cm³/mol. The van der Waals surface area contributed by atoms with Crippen LogP contribution in [0.15, 0.2) is 24.3 Å². The minimum atomic E-state index is -4.26. The van der Waals surface area contributed by atoms with Gasteiger partial charge in [0.1, 0.15) is 0 Å². The average molecular weight is 300 g/mol. The van der Waals surface area contributed by atoms with Crippen molar-refractivity contribution in [1.82, 2.24) is 10.2 Å². The number of likely N-dealkylation sites (tertiary alicyclic amines) is 1. The van der Waals surface area contributed by atoms with Gasteiger partial charge in [-0.25, -0.2) is 0 Å². The van der Waals surface area contributed by atoms with Gasteiger partial charge in [0.2, 0.25) is 0 Å². The minimum Gasteiger partial charge on any atom is -0.319 e. The highest BCUT2D eigenvalue weighted by atomic mass is 19.4. The van der Waals surface area contributed by atoms with Crippen molar-refractivity contribution >= 4 is 0 Å². The van der Waals surface area contributed by atoms with E-state index in [1.54, 1.807) is 12.1 Å². The van der Waals surface area contributed by atoms with Crippen LogP contribution in [0, 0.1) is 5.92 Å². The molecule has 1 aromatic carbocycles. The Bertz CT molecular complexity index is 434. The zero-order valence-electron chi connectivity index (χ0n) is 12.6. The molecule has 1 saturated heterocycles. The number of nitrogens with zero attached hydrogens (tertiary/aromatic N) is 1. The van der Waals surface area contributed by atoms with E-state index in [-0.39, 0.29) is 6.04 Å². The lowest BCUT2D eigenvalue weighted by Crippen LogP contribution is -2.38. The predicted octanol–water partition coefficient (Wildman–Crippen LogP) is 3.70. The Kier molecular flexibility index (Phi) is 5.27. The van der Waals surface area contributed by atoms with Crippen molar-refractivity contribution in [2.24, 2.45) is 5.92 Å². The summed E-state index contributed by atoms with van der Waals surface area (Å²) < 4.78 is 37.7. The number of alkyl halides is 3. The second-order valence-electron chi connectivity index (χ2n) is 5.83. The fraction of sp³-hybridized carbons (Fsp3) is 0.625. The first-order valence-electron chi connectivity index (χ1n) is 7.47. The van der Waals surface area contributed by atoms with Crippen molar-refractivity contribution in [2.75, 3.05) is 26.7 Å². The van der Waals surface area contributed by atoms with Gasteiger partial charge in [0.05, 0.1) is 5.56 Å². The Morgan fingerprint density at radius 1 is 1.19 bits per heavy atom. The molecule has 0 bridgehead atoms. The van der Waals surface area contributed by atoms with Crippen LogP contribution < -0.4 is 5.32 Å². The summed E-state index contributed by atoms with van der Waals surface area (Å²) in [6.07, 6.45) is -1.97. The third kappa shape index (κ3) is 4.20. The maximum Gasteiger partial charge on any atom is 0.416 e. The molecule has 21 heavy (non-hydrogen) atoms. The van der Waals surface area contributed by atoms with Crippen molar-refractivity contribution in [2.45, 2.75) is 32.0 Å². The van der Waals surface area contributed by atoms with Crippen LogP contribution in [0.3, 0.4) is 0 Å². The number of nitrogens with one attached hydrogen (secondary N) is 1. The van der Waals surface area contributed by atoms with Crippen LogP contribution >= 0.6 is 0 Å². The quantitative estimate of drug-likeness (QED) is 0.912. The Balaban J connectivity index is 1.96. The van der Waals surface area contributed by atoms with Crippen molar-refractivity contribution in [3.05, 3.63) is 35.4 Å². The van der Waals surface area contributed by atoms with Crippen LogP contribution in [-0.2, 0) is 6.18 Å². The Morgan fingerprint density at radius 2 is 1.76 bits per heavy atom. The minimum absolute atomic E-state index is 0.169. The van der Waals surface area contributed by atoms with E-state index in [1.165, 1.54) is 12.1 Å². The molecule has 1 N–H and O–H groups in total. The molecule has 0 aromatic heterocycles. The highest BCUT2D eigenvalue weighted by Gasteiger charge is 2.30. The highest BCUT2D eigenvalue weighted by Crippen LogP contribution is 2.31. The van der Waals surface area contributed by atoms with E-state index in [0.717, 1.165) is 38.0 Å². The lowest BCUT2D eigenvalue weighted by molar-refractivity contribution is -0.137. The number of piperidine rings is 1. The van der Waals surface area contributed by atoms with E-state index in [2.05, 4.69) is 17.1 Å². The monoisotopic (exact) mass is 300 g/mol. The van der Waals surface area contributed by atoms with Gasteiger partial charge in [-0.3, -0.25) is 4.90 Å². The standard InChI is InChI=1S/C16H23F3N2/c1-12(21-9-7-13(8-10-21)11-20-2)14-3-5-15(6-4-14)16(17,18)19/h3-6,12-13,20H,7-11H2,1-2H3. The summed E-state index contributed by atoms with van der Waals surface area (Å²) in [7, 11) is 1.97. The number of rotatable bonds is 4. The summed E-state index contributed by atoms with van der Waals surface area (Å²) in [6, 6.07) is 5.74. The summed E-state index contributed by atoms with van der Waals surface area (Å²) in [4.78, 5) is 2.36. The average Bonchev–Trinajstić information content (AvgIpc) is 2.47. The summed E-state index contributed by atoms with van der Waals surface area (Å²) in [5.74, 6) is 0.714. The van der Waals surface area contributed by atoms with E-state index in [1.807, 2.05) is 7.05 Å². The highest BCUT2D eigenvalue weighted by molar-refractivity contribution is 5.26. The lowest BCUT2D eigenvalue weighted by atomic mass is 9.94. The van der Waals surface area contributed by atoms with Crippen LogP contribution in [-0.4, -0.2) is 31.6 Å². The number of hydrogen-bond donors (Lipinski definition) is 1. The second-order valence-corrected chi connectivity index (χ2v) is 5.83. The van der Waals surface area contributed by atoms with Gasteiger partial charge in [0.15, 0.2) is 0 Å². The molecule has 1 heterocycles. The third-order valence-corrected chi connectivity index (χ3v) is 4.41. The summed E-state index contributed by atoms with van der Waals surface area (Å²) in [5.41, 5.74) is 0.376. The van der Waals surface area contributed by atoms with Crippen LogP contribution in [0.4, 0.5) is 13.2 Å². The van der Waals surface area contributed by atoms with E-state index < -0.39 is 11.7 Å². The lowest BCUT2D eigenvalue weighted by Gasteiger charge is -2.36. The first-order valence-corrected chi connectivity index (χ1v) is 7.47. The van der Waals surface area contributed by atoms with Gasteiger partial charge in [0, 0.05) is 6.04 Å². The second kappa shape index (κ2) is 6.79. The molecule has 1 aliphatic heterocycles. The summed E-state index contributed by atoms with van der Waals surface area (Å²) in [5, 5.41) is 3.21. The van der Waals surface area contributed by atoms with Crippen LogP contribution in [0.1, 0.15) is 36.9 Å². The van der Waals surface area contributed by atoms with Crippen molar-refractivity contribution < 1.29 is 13.2 Å². The number of hydrogen-bond acceptors (Lipinski definition) is 2. The molecule has 1 aliphatic rings. The molecule has 2 nitrogen and oxygen atoms in total. The van der Waals surface area contributed by atoms with Gasteiger partial charge in [-0.15, -0.1) is 0 Å². The molecule has 0 aliphatic carbocycles. The zero-order chi connectivity index (χ0) is 15.5. The molecule has 0 spiro atoms. The van der Waals surface area contributed by atoms with Gasteiger partial charge in [-0.05, 0) is 70.1 Å². The van der Waals surface area contributed by atoms with E-state index >= 15 is 0 Å². The smallest absolute Gasteiger partial charge is 0.319 e. The maximum atomic E-state index is 12.6. The van der Waals surface area contributed by atoms with E-state index in [0.29, 0.717) is 5.92 Å². The summed E-state index contributed by atoms with van der Waals surface area (Å²) in [6.45, 7) is 5.13. The van der Waals surface area contributed by atoms with E-state index in [4.69, 9.17) is 0 Å². The number of benzene rings is 1. The van der Waals surface area contributed by atoms with Crippen LogP contribution in [0.25, 0.3) is 0 Å². The van der Waals surface area contributed by atoms with Gasteiger partial charge in [0.25, 0.3) is 0 Å². The molecular formula is C16H23F3N2. The molecule has 0 radical (unpaired) electrons. The largest absolute Gasteiger partial charge is 0.416 e. The molecule has 1 atom stereocenters. The fourth-order valence-electron chi connectivity index (χ4n) is 2.99. The van der Waals surface area contributed by atoms with Crippen LogP contribution in [0.5, 0.6) is 0 Å². The van der Waals surface area contributed by atoms with Gasteiger partial charge < -0.3 is 5.32 Å². The Labute approximate surface area is 124 Å². The first kappa shape index (κ1) is 16.3. The van der Waals surface area contributed by atoms with Gasteiger partial charge >= 0.3 is 6.18 Å². The molecule has 118 valence electrons. The maximum absolute atomic E-state index is 12.6. The number of halogens is 3. The van der Waals surface area contributed by atoms with Crippen molar-refractivity contribution in [1.29, 1.82) is 0 Å². The molecular weight excluding hydrogens is 277 g/mol. The van der Waals surface area contributed by atoms with Crippen LogP contribution in [0.2, 0.25) is 0 Å². The Morgan fingerprint density at radius 3 is 2.24 bits per heavy atom. The topological polar surface area (TPSA) is 15.3 Å². The third-order valence-electron chi connectivity index (χ3n) is 4.41. The SMILES string of the molecule is CNCC1CCN(C(C)c2ccc(C(F)(F)F)cc2)CC1. The molecule has 0 amide bonds. The van der Waals surface area contributed by atoms with Gasteiger partial charge in [-0.2, -0.15) is 13.2 Å². The molecule has 2 rings (SSSR count). The molecule has 1 unspecified atom stereocenters. The molecule has 5 heteroatoms. The normalized spacial score (nSPS) is 19.7. The van der Waals surface area contributed by atoms with Gasteiger partial charge in [-0.1, -0.05) is 12.1 Å². The summed E-state index contributed by atoms with van der Waals surface area (Å²) >= 11 is 0. The fourth-order valence-corrected chi connectivity index (χ4v) is 2.99. The molecule has 1 aromatic rings. The van der Waals surface area contributed by atoms with E-state index in [9.17, 15) is 13.2 Å². The van der Waals surface area contributed by atoms with Crippen molar-refractivity contribution in [3.63, 3.8) is 0 Å². The Hall–Kier alpha value is -1.07. The molecule has 1 fully saturated rings. The van der Waals surface area contributed by atoms with Crippen molar-refractivity contribution in [3.8, 4) is 0 Å².